The monoisotopic (exact) mass is 329 g/mol. The molecular formula is C20H15N3O2. The Hall–Kier alpha value is -3.00. The van der Waals surface area contributed by atoms with Gasteiger partial charge < -0.3 is 0 Å². The summed E-state index contributed by atoms with van der Waals surface area (Å²) in [5.74, 6) is 0.573. The van der Waals surface area contributed by atoms with Crippen LogP contribution in [0.5, 0.6) is 0 Å². The molecular weight excluding hydrogens is 314 g/mol. The molecule has 1 saturated carbocycles. The molecule has 1 amide bonds. The summed E-state index contributed by atoms with van der Waals surface area (Å²) in [6, 6.07) is 12.7. The summed E-state index contributed by atoms with van der Waals surface area (Å²) in [6.45, 7) is 0. The first-order valence-electron chi connectivity index (χ1n) is 8.50. The third kappa shape index (κ3) is 1.74. The van der Waals surface area contributed by atoms with Gasteiger partial charge in [0.05, 0.1) is 17.7 Å². The van der Waals surface area contributed by atoms with Crippen molar-refractivity contribution in [3.8, 4) is 6.07 Å². The Labute approximate surface area is 144 Å². The first-order valence-corrected chi connectivity index (χ1v) is 8.50. The van der Waals surface area contributed by atoms with Crippen LogP contribution < -0.4 is 4.90 Å². The van der Waals surface area contributed by atoms with Gasteiger partial charge in [-0.15, -0.1) is 4.91 Å². The number of hydrogen-bond donors (Lipinski definition) is 0. The van der Waals surface area contributed by atoms with Gasteiger partial charge in [0.25, 0.3) is 0 Å². The minimum Gasteiger partial charge on any atom is -0.295 e. The molecule has 2 aromatic rings. The lowest BCUT2D eigenvalue weighted by Crippen LogP contribution is -2.36. The van der Waals surface area contributed by atoms with Crippen molar-refractivity contribution < 1.29 is 4.79 Å². The molecule has 2 fully saturated rings. The van der Waals surface area contributed by atoms with Crippen LogP contribution in [0, 0.1) is 39.9 Å². The highest BCUT2D eigenvalue weighted by molar-refractivity contribution is 6.09. The van der Waals surface area contributed by atoms with Crippen LogP contribution in [0.15, 0.2) is 53.7 Å². The normalized spacial score (nSPS) is 32.2. The van der Waals surface area contributed by atoms with Crippen molar-refractivity contribution in [2.24, 2.45) is 28.8 Å². The Balaban J connectivity index is 1.70. The number of amides is 1. The fourth-order valence-electron chi connectivity index (χ4n) is 5.08. The van der Waals surface area contributed by atoms with E-state index in [1.807, 2.05) is 24.3 Å². The molecule has 2 aromatic carbocycles. The van der Waals surface area contributed by atoms with Gasteiger partial charge >= 0.3 is 0 Å². The zero-order valence-corrected chi connectivity index (χ0v) is 13.4. The second-order valence-electron chi connectivity index (χ2n) is 7.07. The highest BCUT2D eigenvalue weighted by atomic mass is 16.3. The van der Waals surface area contributed by atoms with Gasteiger partial charge in [-0.05, 0) is 35.6 Å². The number of rotatable bonds is 2. The van der Waals surface area contributed by atoms with Crippen molar-refractivity contribution in [1.82, 2.24) is 0 Å². The van der Waals surface area contributed by atoms with Gasteiger partial charge in [0.15, 0.2) is 0 Å². The largest absolute Gasteiger partial charge is 0.295 e. The van der Waals surface area contributed by atoms with Crippen LogP contribution in [0.3, 0.4) is 0 Å². The molecule has 0 aromatic heterocycles. The first-order chi connectivity index (χ1) is 12.2. The number of fused-ring (bicyclic) bond motifs is 6. The maximum atomic E-state index is 13.2. The fourth-order valence-corrected chi connectivity index (χ4v) is 5.08. The number of carbonyl (C=O) groups excluding carboxylic acids is 1. The topological polar surface area (TPSA) is 73.5 Å². The molecule has 0 N–H and O–H groups in total. The molecule has 2 bridgehead atoms. The molecule has 0 spiro atoms. The van der Waals surface area contributed by atoms with Crippen LogP contribution in [0.2, 0.25) is 0 Å². The summed E-state index contributed by atoms with van der Waals surface area (Å²) in [6.07, 6.45) is 5.30. The quantitative estimate of drug-likeness (QED) is 0.619. The number of benzene rings is 2. The molecule has 25 heavy (non-hydrogen) atoms. The maximum absolute atomic E-state index is 13.2. The van der Waals surface area contributed by atoms with Crippen molar-refractivity contribution in [3.63, 3.8) is 0 Å². The molecule has 5 nitrogen and oxygen atoms in total. The van der Waals surface area contributed by atoms with Crippen molar-refractivity contribution in [1.29, 1.82) is 5.26 Å². The first kappa shape index (κ1) is 14.4. The van der Waals surface area contributed by atoms with Gasteiger partial charge in [-0.25, -0.2) is 0 Å². The molecule has 1 heterocycles. The third-order valence-electron chi connectivity index (χ3n) is 6.05. The van der Waals surface area contributed by atoms with E-state index in [1.165, 1.54) is 0 Å². The van der Waals surface area contributed by atoms with E-state index in [0.29, 0.717) is 22.7 Å². The van der Waals surface area contributed by atoms with E-state index in [1.54, 1.807) is 17.0 Å². The molecule has 5 atom stereocenters. The van der Waals surface area contributed by atoms with Crippen LogP contribution in [0.1, 0.15) is 6.42 Å². The Morgan fingerprint density at radius 2 is 1.84 bits per heavy atom. The molecule has 2 aliphatic carbocycles. The predicted octanol–water partition coefficient (Wildman–Crippen LogP) is 3.91. The van der Waals surface area contributed by atoms with Crippen LogP contribution in [0.25, 0.3) is 10.8 Å². The highest BCUT2D eigenvalue weighted by Gasteiger charge is 2.59. The lowest BCUT2D eigenvalue weighted by atomic mass is 9.82. The minimum absolute atomic E-state index is 0.0327. The zero-order valence-electron chi connectivity index (χ0n) is 13.4. The summed E-state index contributed by atoms with van der Waals surface area (Å²) in [5.41, 5.74) is 1.05. The molecule has 2 unspecified atom stereocenters. The summed E-state index contributed by atoms with van der Waals surface area (Å²) >= 11 is 0. The van der Waals surface area contributed by atoms with Gasteiger partial charge in [-0.1, -0.05) is 36.4 Å². The number of hydrogen-bond acceptors (Lipinski definition) is 4. The minimum atomic E-state index is -0.462. The van der Waals surface area contributed by atoms with Crippen molar-refractivity contribution in [2.45, 2.75) is 12.5 Å². The number of anilines is 1. The molecule has 5 heteroatoms. The smallest absolute Gasteiger partial charge is 0.232 e. The number of nitriles is 1. The predicted molar refractivity (Wildman–Crippen MR) is 94.0 cm³/mol. The van der Waals surface area contributed by atoms with Gasteiger partial charge in [0, 0.05) is 16.7 Å². The van der Waals surface area contributed by atoms with E-state index >= 15 is 0 Å². The van der Waals surface area contributed by atoms with E-state index in [4.69, 9.17) is 0 Å². The average Bonchev–Trinajstić information content (AvgIpc) is 3.33. The van der Waals surface area contributed by atoms with Gasteiger partial charge in [0.1, 0.15) is 11.7 Å². The van der Waals surface area contributed by atoms with Crippen molar-refractivity contribution in [2.75, 3.05) is 4.90 Å². The second-order valence-corrected chi connectivity index (χ2v) is 7.07. The number of nitrogens with zero attached hydrogens (tertiary/aromatic N) is 3. The molecule has 5 rings (SSSR count). The number of nitroso groups, excluding NO2 is 1. The van der Waals surface area contributed by atoms with E-state index < -0.39 is 6.04 Å². The molecule has 1 saturated heterocycles. The summed E-state index contributed by atoms with van der Waals surface area (Å²) in [4.78, 5) is 26.0. The Kier molecular flexibility index (Phi) is 2.87. The van der Waals surface area contributed by atoms with Gasteiger partial charge in [0.2, 0.25) is 5.91 Å². The fraction of sp³-hybridized carbons (Fsp3) is 0.300. The highest BCUT2D eigenvalue weighted by Crippen LogP contribution is 2.55. The van der Waals surface area contributed by atoms with E-state index in [-0.39, 0.29) is 23.7 Å². The maximum Gasteiger partial charge on any atom is 0.232 e. The second kappa shape index (κ2) is 5.00. The van der Waals surface area contributed by atoms with Crippen LogP contribution >= 0.6 is 0 Å². The van der Waals surface area contributed by atoms with E-state index in [0.717, 1.165) is 11.8 Å². The van der Waals surface area contributed by atoms with Crippen LogP contribution in [-0.2, 0) is 4.79 Å². The van der Waals surface area contributed by atoms with Gasteiger partial charge in [-0.3, -0.25) is 9.69 Å². The van der Waals surface area contributed by atoms with Crippen LogP contribution in [-0.4, -0.2) is 11.9 Å². The van der Waals surface area contributed by atoms with Gasteiger partial charge in [-0.2, -0.15) is 5.26 Å². The molecule has 122 valence electrons. The lowest BCUT2D eigenvalue weighted by Gasteiger charge is -2.25. The van der Waals surface area contributed by atoms with E-state index in [9.17, 15) is 15.0 Å². The average molecular weight is 329 g/mol. The standard InChI is InChI=1S/C20H15N3O2/c21-10-17-18-11-5-6-12(9-11)19(18)20(24)23(17)16-8-7-15(22-25)13-3-1-2-4-14(13)16/h1-8,11-12,17-19H,9H2/t11?,12?,17-,18-,19-/m0/s1. The Morgan fingerprint density at radius 3 is 2.60 bits per heavy atom. The van der Waals surface area contributed by atoms with Crippen LogP contribution in [0.4, 0.5) is 11.4 Å². The molecule has 0 radical (unpaired) electrons. The van der Waals surface area contributed by atoms with E-state index in [2.05, 4.69) is 23.4 Å². The number of allylic oxidation sites excluding steroid dienone is 2. The zero-order chi connectivity index (χ0) is 17.1. The molecule has 3 aliphatic rings. The molecule has 1 aliphatic heterocycles. The SMILES string of the molecule is N#C[C@H]1[C@@H]2C3C=CC(C3)[C@@H]2C(=O)N1c1ccc(N=O)c2ccccc12. The van der Waals surface area contributed by atoms with Crippen molar-refractivity contribution >= 4 is 28.1 Å². The summed E-state index contributed by atoms with van der Waals surface area (Å²) < 4.78 is 0. The lowest BCUT2D eigenvalue weighted by molar-refractivity contribution is -0.121. The Morgan fingerprint density at radius 1 is 1.08 bits per heavy atom. The third-order valence-corrected chi connectivity index (χ3v) is 6.05. The Bertz CT molecular complexity index is 990. The van der Waals surface area contributed by atoms with Crippen molar-refractivity contribution in [3.05, 3.63) is 53.5 Å². The summed E-state index contributed by atoms with van der Waals surface area (Å²) in [5, 5.41) is 14.4. The number of carbonyl (C=O) groups is 1. The summed E-state index contributed by atoms with van der Waals surface area (Å²) in [7, 11) is 0.